The Hall–Kier alpha value is -2.29. The summed E-state index contributed by atoms with van der Waals surface area (Å²) in [6.07, 6.45) is 1.40. The third-order valence-corrected chi connectivity index (χ3v) is 7.13. The van der Waals surface area contributed by atoms with Crippen LogP contribution in [0.3, 0.4) is 0 Å². The molecule has 0 fully saturated rings. The molecular formula is C23H29Cl2N3O4S. The SMILES string of the molecule is CC[C@H](C(=O)NC)N(Cc1ccc(Cl)c(Cl)c1)C(=O)CN(c1ccc(C)cc1C)S(C)(=O)=O. The molecule has 0 unspecified atom stereocenters. The summed E-state index contributed by atoms with van der Waals surface area (Å²) in [6.45, 7) is 5.09. The van der Waals surface area contributed by atoms with Crippen molar-refractivity contribution in [1.29, 1.82) is 0 Å². The fourth-order valence-electron chi connectivity index (χ4n) is 3.60. The van der Waals surface area contributed by atoms with Gasteiger partial charge in [-0.1, -0.05) is 53.9 Å². The summed E-state index contributed by atoms with van der Waals surface area (Å²) in [7, 11) is -2.29. The van der Waals surface area contributed by atoms with Crippen LogP contribution in [0.25, 0.3) is 0 Å². The summed E-state index contributed by atoms with van der Waals surface area (Å²) in [5.74, 6) is -0.856. The van der Waals surface area contributed by atoms with E-state index >= 15 is 0 Å². The fourth-order valence-corrected chi connectivity index (χ4v) is 4.83. The minimum atomic E-state index is -3.78. The van der Waals surface area contributed by atoms with Gasteiger partial charge in [-0.3, -0.25) is 13.9 Å². The van der Waals surface area contributed by atoms with Crippen LogP contribution in [-0.4, -0.2) is 51.0 Å². The van der Waals surface area contributed by atoms with Gasteiger partial charge < -0.3 is 10.2 Å². The maximum absolute atomic E-state index is 13.5. The molecule has 0 saturated carbocycles. The molecule has 2 aromatic carbocycles. The van der Waals surface area contributed by atoms with E-state index in [-0.39, 0.29) is 12.5 Å². The zero-order chi connectivity index (χ0) is 24.9. The number of nitrogens with one attached hydrogen (secondary N) is 1. The summed E-state index contributed by atoms with van der Waals surface area (Å²) >= 11 is 12.1. The predicted octanol–water partition coefficient (Wildman–Crippen LogP) is 3.93. The van der Waals surface area contributed by atoms with Crippen LogP contribution in [0.2, 0.25) is 10.0 Å². The molecule has 0 aliphatic carbocycles. The standard InChI is InChI=1S/C23H29Cl2N3O4S/c1-6-20(23(30)26-4)27(13-17-8-9-18(24)19(25)12-17)22(29)14-28(33(5,31)32)21-10-7-15(2)11-16(21)3/h7-12,20H,6,13-14H2,1-5H3,(H,26,30)/t20-/m1/s1. The number of sulfonamides is 1. The largest absolute Gasteiger partial charge is 0.357 e. The van der Waals surface area contributed by atoms with E-state index in [2.05, 4.69) is 5.32 Å². The van der Waals surface area contributed by atoms with E-state index < -0.39 is 28.5 Å². The van der Waals surface area contributed by atoms with Gasteiger partial charge in [-0.2, -0.15) is 0 Å². The van der Waals surface area contributed by atoms with Crippen molar-refractivity contribution < 1.29 is 18.0 Å². The van der Waals surface area contributed by atoms with Crippen LogP contribution in [0.1, 0.15) is 30.0 Å². The summed E-state index contributed by atoms with van der Waals surface area (Å²) in [4.78, 5) is 27.4. The van der Waals surface area contributed by atoms with E-state index in [1.54, 1.807) is 44.2 Å². The zero-order valence-corrected chi connectivity index (χ0v) is 21.7. The van der Waals surface area contributed by atoms with Gasteiger partial charge in [0, 0.05) is 13.6 Å². The van der Waals surface area contributed by atoms with Crippen LogP contribution in [0.4, 0.5) is 5.69 Å². The highest BCUT2D eigenvalue weighted by Gasteiger charge is 2.31. The van der Waals surface area contributed by atoms with E-state index in [1.807, 2.05) is 13.0 Å². The average Bonchev–Trinajstić information content (AvgIpc) is 2.73. The molecule has 0 saturated heterocycles. The normalized spacial score (nSPS) is 12.2. The molecule has 1 atom stereocenters. The summed E-state index contributed by atoms with van der Waals surface area (Å²) in [5, 5.41) is 3.27. The van der Waals surface area contributed by atoms with Crippen molar-refractivity contribution in [3.8, 4) is 0 Å². The molecule has 10 heteroatoms. The molecule has 2 aromatic rings. The van der Waals surface area contributed by atoms with Crippen LogP contribution in [0.5, 0.6) is 0 Å². The van der Waals surface area contributed by atoms with E-state index in [1.165, 1.54) is 11.9 Å². The van der Waals surface area contributed by atoms with E-state index in [0.29, 0.717) is 27.7 Å². The molecule has 2 rings (SSSR count). The first-order valence-electron chi connectivity index (χ1n) is 10.4. The first kappa shape index (κ1) is 27.0. The molecule has 33 heavy (non-hydrogen) atoms. The van der Waals surface area contributed by atoms with Gasteiger partial charge in [-0.25, -0.2) is 8.42 Å². The molecule has 1 N–H and O–H groups in total. The van der Waals surface area contributed by atoms with Crippen LogP contribution < -0.4 is 9.62 Å². The number of carbonyl (C=O) groups excluding carboxylic acids is 2. The number of aryl methyl sites for hydroxylation is 2. The summed E-state index contributed by atoms with van der Waals surface area (Å²) < 4.78 is 26.4. The number of carbonyl (C=O) groups is 2. The lowest BCUT2D eigenvalue weighted by molar-refractivity contribution is -0.140. The van der Waals surface area contributed by atoms with Gasteiger partial charge in [0.05, 0.1) is 22.0 Å². The Morgan fingerprint density at radius 2 is 1.73 bits per heavy atom. The quantitative estimate of drug-likeness (QED) is 0.550. The molecule has 0 aliphatic heterocycles. The van der Waals surface area contributed by atoms with Gasteiger partial charge in [0.15, 0.2) is 0 Å². The van der Waals surface area contributed by atoms with Crippen molar-refractivity contribution in [3.05, 3.63) is 63.1 Å². The van der Waals surface area contributed by atoms with Crippen LogP contribution in [0.15, 0.2) is 36.4 Å². The Balaban J connectivity index is 2.48. The Labute approximate surface area is 205 Å². The second-order valence-electron chi connectivity index (χ2n) is 7.87. The van der Waals surface area contributed by atoms with Crippen molar-refractivity contribution in [3.63, 3.8) is 0 Å². The minimum absolute atomic E-state index is 0.0616. The minimum Gasteiger partial charge on any atom is -0.357 e. The molecule has 0 radical (unpaired) electrons. The van der Waals surface area contributed by atoms with E-state index in [0.717, 1.165) is 21.7 Å². The Morgan fingerprint density at radius 1 is 1.06 bits per heavy atom. The van der Waals surface area contributed by atoms with Crippen LogP contribution in [0, 0.1) is 13.8 Å². The lowest BCUT2D eigenvalue weighted by atomic mass is 10.1. The topological polar surface area (TPSA) is 86.8 Å². The van der Waals surface area contributed by atoms with Crippen molar-refractivity contribution in [2.75, 3.05) is 24.2 Å². The number of rotatable bonds is 9. The number of hydrogen-bond acceptors (Lipinski definition) is 4. The third kappa shape index (κ3) is 6.85. The maximum Gasteiger partial charge on any atom is 0.244 e. The van der Waals surface area contributed by atoms with Gasteiger partial charge in [0.25, 0.3) is 0 Å². The van der Waals surface area contributed by atoms with Gasteiger partial charge in [0.2, 0.25) is 21.8 Å². The molecule has 0 aliphatic rings. The van der Waals surface area contributed by atoms with Crippen LogP contribution in [-0.2, 0) is 26.2 Å². The number of halogens is 2. The third-order valence-electron chi connectivity index (χ3n) is 5.27. The number of anilines is 1. The van der Waals surface area contributed by atoms with Gasteiger partial charge >= 0.3 is 0 Å². The molecule has 0 spiro atoms. The number of likely N-dealkylation sites (N-methyl/N-ethyl adjacent to an activating group) is 1. The number of amides is 2. The highest BCUT2D eigenvalue weighted by molar-refractivity contribution is 7.92. The summed E-state index contributed by atoms with van der Waals surface area (Å²) in [5.41, 5.74) is 2.78. The van der Waals surface area contributed by atoms with E-state index in [4.69, 9.17) is 23.2 Å². The second-order valence-corrected chi connectivity index (χ2v) is 10.6. The molecule has 180 valence electrons. The molecule has 0 aromatic heterocycles. The Kier molecular flexibility index (Phi) is 9.17. The molecule has 7 nitrogen and oxygen atoms in total. The molecule has 0 heterocycles. The Morgan fingerprint density at radius 3 is 2.24 bits per heavy atom. The molecular weight excluding hydrogens is 485 g/mol. The first-order chi connectivity index (χ1) is 15.4. The second kappa shape index (κ2) is 11.2. The Bertz CT molecular complexity index is 1140. The highest BCUT2D eigenvalue weighted by Crippen LogP contribution is 2.26. The van der Waals surface area contributed by atoms with Crippen molar-refractivity contribution >= 4 is 50.7 Å². The van der Waals surface area contributed by atoms with Crippen molar-refractivity contribution in [2.24, 2.45) is 0 Å². The smallest absolute Gasteiger partial charge is 0.244 e. The lowest BCUT2D eigenvalue weighted by Gasteiger charge is -2.33. The van der Waals surface area contributed by atoms with Gasteiger partial charge in [-0.05, 0) is 49.6 Å². The van der Waals surface area contributed by atoms with Crippen LogP contribution >= 0.6 is 23.2 Å². The monoisotopic (exact) mass is 513 g/mol. The zero-order valence-electron chi connectivity index (χ0n) is 19.4. The lowest BCUT2D eigenvalue weighted by Crippen LogP contribution is -2.51. The average molecular weight is 514 g/mol. The van der Waals surface area contributed by atoms with Gasteiger partial charge in [0.1, 0.15) is 12.6 Å². The molecule has 2 amide bonds. The van der Waals surface area contributed by atoms with Gasteiger partial charge in [-0.15, -0.1) is 0 Å². The number of hydrogen-bond donors (Lipinski definition) is 1. The highest BCUT2D eigenvalue weighted by atomic mass is 35.5. The number of nitrogens with zero attached hydrogens (tertiary/aromatic N) is 2. The maximum atomic E-state index is 13.5. The van der Waals surface area contributed by atoms with Crippen molar-refractivity contribution in [1.82, 2.24) is 10.2 Å². The van der Waals surface area contributed by atoms with E-state index in [9.17, 15) is 18.0 Å². The first-order valence-corrected chi connectivity index (χ1v) is 13.0. The summed E-state index contributed by atoms with van der Waals surface area (Å²) in [6, 6.07) is 9.47. The number of benzene rings is 2. The molecule has 0 bridgehead atoms. The predicted molar refractivity (Wildman–Crippen MR) is 133 cm³/mol. The fraction of sp³-hybridized carbons (Fsp3) is 0.391. The van der Waals surface area contributed by atoms with Crippen molar-refractivity contribution in [2.45, 2.75) is 39.8 Å².